The molecule has 2 fully saturated rings. The first-order valence-corrected chi connectivity index (χ1v) is 11.7. The molecule has 1 amide bonds. The van der Waals surface area contributed by atoms with Crippen LogP contribution in [0.2, 0.25) is 0 Å². The van der Waals surface area contributed by atoms with Gasteiger partial charge in [-0.2, -0.15) is 15.2 Å². The summed E-state index contributed by atoms with van der Waals surface area (Å²) >= 11 is 0. The molecule has 0 spiro atoms. The number of fused-ring (bicyclic) bond motifs is 2. The highest BCUT2D eigenvalue weighted by molar-refractivity contribution is 5.93. The van der Waals surface area contributed by atoms with Crippen molar-refractivity contribution in [3.05, 3.63) is 59.8 Å². The molecule has 2 aliphatic rings. The smallest absolute Gasteiger partial charge is 0.274 e. The lowest BCUT2D eigenvalue weighted by molar-refractivity contribution is 0.0634. The topological polar surface area (TPSA) is 134 Å². The van der Waals surface area contributed by atoms with E-state index in [0.717, 1.165) is 30.4 Å². The standard InChI is InChI=1S/C23H24FN11O/c1-13-5-19(29-20-6-14(2)31-32-20)30-23(28-13)33-11-16-3-4-17(12-33)35(16)22(36)18-8-26-21(9-25-18)34-10-15(24)7-27-34/h5-10,16-17H,3-4,11-12H2,1-2H3,(H2,28,29,30,31,32). The van der Waals surface area contributed by atoms with E-state index in [1.165, 1.54) is 23.3 Å². The average molecular weight is 490 g/mol. The minimum Gasteiger partial charge on any atom is -0.337 e. The molecular formula is C23H24FN11O. The summed E-state index contributed by atoms with van der Waals surface area (Å²) in [5.41, 5.74) is 2.05. The van der Waals surface area contributed by atoms with Crippen molar-refractivity contribution in [2.24, 2.45) is 0 Å². The molecule has 4 aromatic heterocycles. The van der Waals surface area contributed by atoms with Crippen LogP contribution in [0.4, 0.5) is 22.0 Å². The van der Waals surface area contributed by atoms with E-state index in [0.29, 0.717) is 36.5 Å². The number of rotatable bonds is 5. The Morgan fingerprint density at radius 2 is 1.86 bits per heavy atom. The number of aryl methyl sites for hydroxylation is 2. The van der Waals surface area contributed by atoms with Crippen molar-refractivity contribution in [2.75, 3.05) is 23.3 Å². The number of nitrogens with one attached hydrogen (secondary N) is 2. The third kappa shape index (κ3) is 4.12. The lowest BCUT2D eigenvalue weighted by Gasteiger charge is -2.41. The summed E-state index contributed by atoms with van der Waals surface area (Å²) in [6.07, 6.45) is 6.93. The number of anilines is 3. The number of carbonyl (C=O) groups is 1. The molecule has 2 bridgehead atoms. The van der Waals surface area contributed by atoms with E-state index in [9.17, 15) is 9.18 Å². The summed E-state index contributed by atoms with van der Waals surface area (Å²) in [7, 11) is 0. The first-order valence-electron chi connectivity index (χ1n) is 11.7. The predicted molar refractivity (Wildman–Crippen MR) is 128 cm³/mol. The normalized spacial score (nSPS) is 19.1. The van der Waals surface area contributed by atoms with Crippen molar-refractivity contribution in [3.8, 4) is 5.82 Å². The molecule has 6 heterocycles. The number of hydrogen-bond acceptors (Lipinski definition) is 9. The van der Waals surface area contributed by atoms with Crippen molar-refractivity contribution >= 4 is 23.5 Å². The van der Waals surface area contributed by atoms with Gasteiger partial charge in [0.1, 0.15) is 11.5 Å². The molecule has 0 aliphatic carbocycles. The van der Waals surface area contributed by atoms with Gasteiger partial charge in [-0.25, -0.2) is 24.0 Å². The quantitative estimate of drug-likeness (QED) is 0.433. The molecule has 36 heavy (non-hydrogen) atoms. The molecule has 6 rings (SSSR count). The molecule has 2 saturated heterocycles. The first-order chi connectivity index (χ1) is 17.4. The molecule has 4 aromatic rings. The maximum absolute atomic E-state index is 13.3. The van der Waals surface area contributed by atoms with E-state index in [1.54, 1.807) is 0 Å². The monoisotopic (exact) mass is 489 g/mol. The summed E-state index contributed by atoms with van der Waals surface area (Å²) in [6, 6.07) is 3.83. The summed E-state index contributed by atoms with van der Waals surface area (Å²) < 4.78 is 14.5. The largest absolute Gasteiger partial charge is 0.337 e. The molecular weight excluding hydrogens is 465 g/mol. The Balaban J connectivity index is 1.18. The fraction of sp³-hybridized carbons (Fsp3) is 0.348. The van der Waals surface area contributed by atoms with Crippen molar-refractivity contribution in [1.82, 2.24) is 44.8 Å². The first kappa shape index (κ1) is 22.1. The van der Waals surface area contributed by atoms with E-state index >= 15 is 0 Å². The number of aromatic amines is 1. The zero-order valence-electron chi connectivity index (χ0n) is 19.8. The Labute approximate surface area is 205 Å². The molecule has 184 valence electrons. The highest BCUT2D eigenvalue weighted by Gasteiger charge is 2.44. The lowest BCUT2D eigenvalue weighted by atomic mass is 10.1. The van der Waals surface area contributed by atoms with Crippen molar-refractivity contribution in [1.29, 1.82) is 0 Å². The number of halogens is 1. The molecule has 2 N–H and O–H groups in total. The highest BCUT2D eigenvalue weighted by atomic mass is 19.1. The Kier molecular flexibility index (Phi) is 5.31. The van der Waals surface area contributed by atoms with Crippen LogP contribution in [0.25, 0.3) is 5.82 Å². The number of amides is 1. The SMILES string of the molecule is Cc1cc(Nc2cc(C)[nH]n2)nc(N2CC3CCC(C2)N3C(=O)c2cnc(-n3cc(F)cn3)cn2)n1. The predicted octanol–water partition coefficient (Wildman–Crippen LogP) is 2.17. The summed E-state index contributed by atoms with van der Waals surface area (Å²) in [4.78, 5) is 35.3. The molecule has 2 unspecified atom stereocenters. The molecule has 2 atom stereocenters. The van der Waals surface area contributed by atoms with Crippen LogP contribution < -0.4 is 10.2 Å². The van der Waals surface area contributed by atoms with Gasteiger partial charge < -0.3 is 15.1 Å². The van der Waals surface area contributed by atoms with Gasteiger partial charge in [-0.05, 0) is 26.7 Å². The van der Waals surface area contributed by atoms with E-state index in [2.05, 4.69) is 40.5 Å². The van der Waals surface area contributed by atoms with Gasteiger partial charge in [-0.1, -0.05) is 0 Å². The van der Waals surface area contributed by atoms with Gasteiger partial charge in [0.25, 0.3) is 5.91 Å². The third-order valence-electron chi connectivity index (χ3n) is 6.45. The minimum absolute atomic E-state index is 0.0208. The van der Waals surface area contributed by atoms with Gasteiger partial charge in [-0.15, -0.1) is 0 Å². The lowest BCUT2D eigenvalue weighted by Crippen LogP contribution is -2.56. The van der Waals surface area contributed by atoms with Crippen LogP contribution in [-0.2, 0) is 0 Å². The van der Waals surface area contributed by atoms with Gasteiger partial charge in [0.15, 0.2) is 17.5 Å². The maximum atomic E-state index is 13.3. The number of nitrogens with zero attached hydrogens (tertiary/aromatic N) is 9. The van der Waals surface area contributed by atoms with Crippen LogP contribution in [0.1, 0.15) is 34.7 Å². The van der Waals surface area contributed by atoms with Crippen LogP contribution in [-0.4, -0.2) is 75.9 Å². The Morgan fingerprint density at radius 3 is 2.50 bits per heavy atom. The van der Waals surface area contributed by atoms with Crippen molar-refractivity contribution in [3.63, 3.8) is 0 Å². The summed E-state index contributed by atoms with van der Waals surface area (Å²) in [5, 5.41) is 14.2. The molecule has 0 saturated carbocycles. The van der Waals surface area contributed by atoms with Crippen LogP contribution in [0.15, 0.2) is 36.9 Å². The van der Waals surface area contributed by atoms with Crippen molar-refractivity contribution in [2.45, 2.75) is 38.8 Å². The fourth-order valence-electron chi connectivity index (χ4n) is 4.88. The van der Waals surface area contributed by atoms with Gasteiger partial charge in [-0.3, -0.25) is 9.89 Å². The Hall–Kier alpha value is -4.42. The number of hydrogen-bond donors (Lipinski definition) is 2. The average Bonchev–Trinajstić information content (AvgIpc) is 3.55. The summed E-state index contributed by atoms with van der Waals surface area (Å²) in [6.45, 7) is 5.13. The molecule has 2 aliphatic heterocycles. The molecule has 12 nitrogen and oxygen atoms in total. The van der Waals surface area contributed by atoms with Crippen LogP contribution in [0.3, 0.4) is 0 Å². The third-order valence-corrected chi connectivity index (χ3v) is 6.45. The zero-order chi connectivity index (χ0) is 24.8. The highest BCUT2D eigenvalue weighted by Crippen LogP contribution is 2.33. The second-order valence-corrected chi connectivity index (χ2v) is 9.12. The molecule has 13 heteroatoms. The second kappa shape index (κ2) is 8.66. The molecule has 0 aromatic carbocycles. The van der Waals surface area contributed by atoms with E-state index < -0.39 is 5.82 Å². The molecule has 0 radical (unpaired) electrons. The van der Waals surface area contributed by atoms with E-state index in [4.69, 9.17) is 4.98 Å². The van der Waals surface area contributed by atoms with Gasteiger partial charge >= 0.3 is 0 Å². The van der Waals surface area contributed by atoms with Gasteiger partial charge in [0.2, 0.25) is 5.95 Å². The van der Waals surface area contributed by atoms with Crippen LogP contribution >= 0.6 is 0 Å². The van der Waals surface area contributed by atoms with Crippen LogP contribution in [0, 0.1) is 19.7 Å². The maximum Gasteiger partial charge on any atom is 0.274 e. The second-order valence-electron chi connectivity index (χ2n) is 9.12. The Bertz CT molecular complexity index is 1400. The number of aromatic nitrogens is 8. The van der Waals surface area contributed by atoms with E-state index in [1.807, 2.05) is 30.9 Å². The number of carbonyl (C=O) groups excluding carboxylic acids is 1. The number of piperazine rings is 1. The van der Waals surface area contributed by atoms with E-state index in [-0.39, 0.29) is 23.7 Å². The van der Waals surface area contributed by atoms with Gasteiger partial charge in [0, 0.05) is 36.6 Å². The van der Waals surface area contributed by atoms with Crippen molar-refractivity contribution < 1.29 is 9.18 Å². The van der Waals surface area contributed by atoms with Gasteiger partial charge in [0.05, 0.1) is 36.9 Å². The van der Waals surface area contributed by atoms with Crippen LogP contribution in [0.5, 0.6) is 0 Å². The minimum atomic E-state index is -0.469. The zero-order valence-corrected chi connectivity index (χ0v) is 19.8. The Morgan fingerprint density at radius 1 is 1.06 bits per heavy atom. The summed E-state index contributed by atoms with van der Waals surface area (Å²) in [5.74, 6) is 1.70. The fourth-order valence-corrected chi connectivity index (χ4v) is 4.88. The number of H-pyrrole nitrogens is 1.